The van der Waals surface area contributed by atoms with Crippen LogP contribution in [-0.2, 0) is 4.43 Å². The van der Waals surface area contributed by atoms with Gasteiger partial charge in [-0.15, -0.1) is 0 Å². The first kappa shape index (κ1) is 39.0. The topological polar surface area (TPSA) is 9.23 Å². The molecule has 0 saturated heterocycles. The zero-order valence-electron chi connectivity index (χ0n) is 22.9. The van der Waals surface area contributed by atoms with E-state index in [0.29, 0.717) is 25.7 Å². The van der Waals surface area contributed by atoms with Gasteiger partial charge < -0.3 is 4.43 Å². The Morgan fingerprint density at radius 1 is 0.548 bits per heavy atom. The summed E-state index contributed by atoms with van der Waals surface area (Å²) in [4.78, 5) is 0. The Kier molecular flexibility index (Phi) is 10.9. The first-order valence-corrected chi connectivity index (χ1v) is 15.0. The van der Waals surface area contributed by atoms with Gasteiger partial charge in [-0.3, -0.25) is 0 Å². The highest BCUT2D eigenvalue weighted by molar-refractivity contribution is 6.76. The van der Waals surface area contributed by atoms with Gasteiger partial charge in [0, 0.05) is 12.5 Å². The normalized spacial score (nSPS) is 21.4. The number of rotatable bonds is 13. The average molecular weight is 675 g/mol. The average Bonchev–Trinajstić information content (AvgIpc) is 2.81. The van der Waals surface area contributed by atoms with Crippen molar-refractivity contribution in [3.05, 3.63) is 0 Å². The Labute approximate surface area is 231 Å². The summed E-state index contributed by atoms with van der Waals surface area (Å²) in [6.45, 7) is 7.63. The Hall–Kier alpha value is -1.01. The van der Waals surface area contributed by atoms with Gasteiger partial charge in [0.1, 0.15) is 0 Å². The first-order valence-electron chi connectivity index (χ1n) is 12.7. The van der Waals surface area contributed by atoms with E-state index in [4.69, 9.17) is 4.43 Å². The van der Waals surface area contributed by atoms with Crippen molar-refractivity contribution < 1.29 is 79.1 Å². The smallest absolute Gasteiger partial charge is 0.413 e. The lowest BCUT2D eigenvalue weighted by Gasteiger charge is -2.45. The van der Waals surface area contributed by atoms with Crippen molar-refractivity contribution in [1.29, 1.82) is 0 Å². The van der Waals surface area contributed by atoms with Crippen LogP contribution in [0.2, 0.25) is 17.1 Å². The van der Waals surface area contributed by atoms with Crippen LogP contribution in [0.4, 0.5) is 74.6 Å². The van der Waals surface area contributed by atoms with Gasteiger partial charge >= 0.3 is 47.6 Å². The van der Waals surface area contributed by atoms with Crippen molar-refractivity contribution in [2.75, 3.05) is 0 Å². The highest BCUT2D eigenvalue weighted by atomic mass is 28.4. The molecule has 0 aromatic heterocycles. The molecule has 0 amide bonds. The summed E-state index contributed by atoms with van der Waals surface area (Å²) in [6, 6.07) is -1.14. The third-order valence-corrected chi connectivity index (χ3v) is 13.6. The Bertz CT molecular complexity index is 897. The molecule has 1 rings (SSSR count). The van der Waals surface area contributed by atoms with E-state index in [2.05, 4.69) is 0 Å². The van der Waals surface area contributed by atoms with Crippen LogP contribution in [0.5, 0.6) is 0 Å². The van der Waals surface area contributed by atoms with E-state index in [1.807, 2.05) is 6.92 Å². The monoisotopic (exact) mass is 674 g/mol. The van der Waals surface area contributed by atoms with Crippen molar-refractivity contribution >= 4 is 8.32 Å². The summed E-state index contributed by atoms with van der Waals surface area (Å²) in [7, 11) is -3.70. The van der Waals surface area contributed by atoms with E-state index in [0.717, 1.165) is 0 Å². The molecule has 0 aliphatic heterocycles. The molecule has 0 aromatic rings. The highest BCUT2D eigenvalue weighted by Crippen LogP contribution is 2.64. The molecule has 0 atom stereocenters. The van der Waals surface area contributed by atoms with Gasteiger partial charge in [0.2, 0.25) is 0 Å². The molecule has 0 N–H and O–H groups in total. The van der Waals surface area contributed by atoms with Gasteiger partial charge in [-0.1, -0.05) is 34.6 Å². The first-order chi connectivity index (χ1) is 18.3. The van der Waals surface area contributed by atoms with Crippen LogP contribution < -0.4 is 0 Å². The highest BCUT2D eigenvalue weighted by Gasteiger charge is 2.95. The van der Waals surface area contributed by atoms with Crippen molar-refractivity contribution in [3.8, 4) is 0 Å². The summed E-state index contributed by atoms with van der Waals surface area (Å²) < 4.78 is 238. The second kappa shape index (κ2) is 11.7. The fourth-order valence-corrected chi connectivity index (χ4v) is 9.65. The molecule has 252 valence electrons. The predicted molar refractivity (Wildman–Crippen MR) is 119 cm³/mol. The summed E-state index contributed by atoms with van der Waals surface area (Å²) in [5.74, 6) is -55.8. The molecule has 0 heterocycles. The molecule has 0 bridgehead atoms. The minimum Gasteiger partial charge on any atom is -0.413 e. The van der Waals surface area contributed by atoms with Crippen LogP contribution in [0.3, 0.4) is 0 Å². The summed E-state index contributed by atoms with van der Waals surface area (Å²) >= 11 is 0. The van der Waals surface area contributed by atoms with Gasteiger partial charge in [0.25, 0.3) is 0 Å². The van der Waals surface area contributed by atoms with Gasteiger partial charge in [-0.05, 0) is 48.7 Å². The second-order valence-electron chi connectivity index (χ2n) is 11.4. The van der Waals surface area contributed by atoms with Crippen molar-refractivity contribution in [1.82, 2.24) is 0 Å². The van der Waals surface area contributed by atoms with E-state index in [9.17, 15) is 74.6 Å². The molecule has 1 saturated carbocycles. The standard InChI is InChI=1S/C23H31F17OSi/c1-12(2)42(13(3)4,41-15-8-6-14(5)7-9-15)11-10-16(24,25)17(26,27)18(28,29)19(30,31)20(32,33)21(34,35)22(36,37)23(38,39)40/h12-15H,6-11H2,1-5H3. The number of hydrogen-bond donors (Lipinski definition) is 0. The minimum atomic E-state index is -8.61. The molecule has 0 aromatic carbocycles. The maximum Gasteiger partial charge on any atom is 0.460 e. The molecule has 1 nitrogen and oxygen atoms in total. The molecule has 0 spiro atoms. The molecule has 1 aliphatic carbocycles. The second-order valence-corrected chi connectivity index (χ2v) is 16.4. The zero-order valence-corrected chi connectivity index (χ0v) is 23.9. The Balaban J connectivity index is 3.50. The maximum atomic E-state index is 14.7. The summed E-state index contributed by atoms with van der Waals surface area (Å²) in [6.07, 6.45) is -8.65. The van der Waals surface area contributed by atoms with Crippen LogP contribution in [0.15, 0.2) is 0 Å². The van der Waals surface area contributed by atoms with E-state index in [1.54, 1.807) is 0 Å². The Morgan fingerprint density at radius 2 is 0.881 bits per heavy atom. The zero-order chi connectivity index (χ0) is 33.8. The molecule has 0 unspecified atom stereocenters. The van der Waals surface area contributed by atoms with E-state index in [1.165, 1.54) is 27.7 Å². The fraction of sp³-hybridized carbons (Fsp3) is 1.00. The number of hydrogen-bond acceptors (Lipinski definition) is 1. The SMILES string of the molecule is CC1CCC(O[Si](CCC(F)(F)C(F)(F)C(F)(F)C(F)(F)C(F)(F)C(F)(F)C(F)(F)C(F)(F)F)(C(C)C)C(C)C)CC1. The third kappa shape index (κ3) is 6.11. The van der Waals surface area contributed by atoms with E-state index in [-0.39, 0.29) is 5.92 Å². The van der Waals surface area contributed by atoms with Crippen LogP contribution in [-0.4, -0.2) is 62.1 Å². The predicted octanol–water partition coefficient (Wildman–Crippen LogP) is 10.7. The molecular weight excluding hydrogens is 643 g/mol. The van der Waals surface area contributed by atoms with Crippen molar-refractivity contribution in [2.45, 2.75) is 138 Å². The maximum absolute atomic E-state index is 14.7. The molecule has 19 heteroatoms. The molecule has 0 radical (unpaired) electrons. The lowest BCUT2D eigenvalue weighted by molar-refractivity contribution is -0.461. The van der Waals surface area contributed by atoms with E-state index < -0.39 is 85.6 Å². The van der Waals surface area contributed by atoms with Crippen molar-refractivity contribution in [3.63, 3.8) is 0 Å². The Morgan fingerprint density at radius 3 is 1.21 bits per heavy atom. The number of alkyl halides is 17. The summed E-state index contributed by atoms with van der Waals surface area (Å²) in [5.41, 5.74) is -1.37. The van der Waals surface area contributed by atoms with Crippen LogP contribution in [0.1, 0.15) is 66.7 Å². The van der Waals surface area contributed by atoms with Crippen molar-refractivity contribution in [2.24, 2.45) is 5.92 Å². The summed E-state index contributed by atoms with van der Waals surface area (Å²) in [5, 5.41) is 0. The number of halogens is 17. The lowest BCUT2D eigenvalue weighted by Crippen LogP contribution is -2.74. The van der Waals surface area contributed by atoms with Crippen LogP contribution >= 0.6 is 0 Å². The van der Waals surface area contributed by atoms with Gasteiger partial charge in [0.15, 0.2) is 8.32 Å². The quantitative estimate of drug-likeness (QED) is 0.140. The third-order valence-electron chi connectivity index (χ3n) is 7.92. The lowest BCUT2D eigenvalue weighted by atomic mass is 9.88. The molecule has 1 fully saturated rings. The largest absolute Gasteiger partial charge is 0.460 e. The minimum absolute atomic E-state index is 0.271. The van der Waals surface area contributed by atoms with E-state index >= 15 is 0 Å². The fourth-order valence-electron chi connectivity index (χ4n) is 4.94. The van der Waals surface area contributed by atoms with Gasteiger partial charge in [-0.2, -0.15) is 74.6 Å². The molecule has 42 heavy (non-hydrogen) atoms. The van der Waals surface area contributed by atoms with Crippen LogP contribution in [0.25, 0.3) is 0 Å². The molecule has 1 aliphatic rings. The van der Waals surface area contributed by atoms with Crippen LogP contribution in [0, 0.1) is 5.92 Å². The molecular formula is C23H31F17OSi. The van der Waals surface area contributed by atoms with Gasteiger partial charge in [-0.25, -0.2) is 0 Å². The van der Waals surface area contributed by atoms with Gasteiger partial charge in [0.05, 0.1) is 0 Å².